The molecule has 0 spiro atoms. The Hall–Kier alpha value is -3.00. The smallest absolute Gasteiger partial charge is 0.409 e. The van der Waals surface area contributed by atoms with Gasteiger partial charge in [0.05, 0.1) is 5.56 Å². The first-order valence-electron chi connectivity index (χ1n) is 11.3. The average Bonchev–Trinajstić information content (AvgIpc) is 2.78. The van der Waals surface area contributed by atoms with E-state index in [-0.39, 0.29) is 22.6 Å². The molecule has 186 valence electrons. The molecule has 8 heteroatoms. The van der Waals surface area contributed by atoms with Gasteiger partial charge in [-0.15, -0.1) is 8.78 Å². The molecule has 3 aromatic rings. The van der Waals surface area contributed by atoms with Crippen molar-refractivity contribution in [3.8, 4) is 28.0 Å². The van der Waals surface area contributed by atoms with Gasteiger partial charge in [0.2, 0.25) is 0 Å². The van der Waals surface area contributed by atoms with E-state index in [1.165, 1.54) is 12.1 Å². The number of hydrogen-bond donors (Lipinski definition) is 0. The third kappa shape index (κ3) is 5.64. The molecule has 0 amide bonds. The van der Waals surface area contributed by atoms with Crippen molar-refractivity contribution >= 4 is 0 Å². The van der Waals surface area contributed by atoms with Gasteiger partial charge >= 0.3 is 6.29 Å². The second kappa shape index (κ2) is 9.93. The van der Waals surface area contributed by atoms with Crippen LogP contribution in [0.15, 0.2) is 48.5 Å². The van der Waals surface area contributed by atoms with Crippen molar-refractivity contribution < 1.29 is 35.8 Å². The molecule has 0 heterocycles. The van der Waals surface area contributed by atoms with E-state index in [0.717, 1.165) is 55.5 Å². The van der Waals surface area contributed by atoms with Gasteiger partial charge in [-0.1, -0.05) is 31.9 Å². The maximum absolute atomic E-state index is 15.0. The fourth-order valence-corrected chi connectivity index (χ4v) is 4.56. The van der Waals surface area contributed by atoms with Gasteiger partial charge in [0.25, 0.3) is 0 Å². The van der Waals surface area contributed by atoms with Gasteiger partial charge in [0.1, 0.15) is 29.0 Å². The Morgan fingerprint density at radius 1 is 0.771 bits per heavy atom. The Bertz CT molecular complexity index is 1200. The molecule has 2 nitrogen and oxygen atoms in total. The Labute approximate surface area is 199 Å². The SMILES string of the molecule is COC(F)(F)Oc1cc(F)cc(-c2c(F)cc(-c3ccc(C4CCC(C)CC4)cc3F)cc2F)c1. The minimum Gasteiger partial charge on any atom is -0.409 e. The molecule has 35 heavy (non-hydrogen) atoms. The molecule has 1 aliphatic carbocycles. The summed E-state index contributed by atoms with van der Waals surface area (Å²) < 4.78 is 93.8. The number of methoxy groups -OCH3 is 1. The van der Waals surface area contributed by atoms with Gasteiger partial charge in [-0.3, -0.25) is 4.74 Å². The van der Waals surface area contributed by atoms with Crippen molar-refractivity contribution in [2.24, 2.45) is 5.92 Å². The van der Waals surface area contributed by atoms with Gasteiger partial charge in [0.15, 0.2) is 0 Å². The van der Waals surface area contributed by atoms with E-state index in [9.17, 15) is 26.3 Å². The molecule has 0 saturated heterocycles. The Morgan fingerprint density at radius 2 is 1.43 bits per heavy atom. The summed E-state index contributed by atoms with van der Waals surface area (Å²) in [6.45, 7) is 2.19. The first-order chi connectivity index (χ1) is 16.6. The largest absolute Gasteiger partial charge is 0.535 e. The average molecular weight is 494 g/mol. The topological polar surface area (TPSA) is 18.5 Å². The minimum absolute atomic E-state index is 0.0188. The maximum atomic E-state index is 15.0. The van der Waals surface area contributed by atoms with Crippen LogP contribution in [0, 0.1) is 29.2 Å². The molecule has 1 fully saturated rings. The quantitative estimate of drug-likeness (QED) is 0.253. The molecule has 0 bridgehead atoms. The van der Waals surface area contributed by atoms with Crippen molar-refractivity contribution in [3.63, 3.8) is 0 Å². The number of hydrogen-bond acceptors (Lipinski definition) is 2. The lowest BCUT2D eigenvalue weighted by Crippen LogP contribution is -2.26. The molecule has 0 aromatic heterocycles. The summed E-state index contributed by atoms with van der Waals surface area (Å²) >= 11 is 0. The molecule has 3 aromatic carbocycles. The molecule has 0 N–H and O–H groups in total. The number of rotatable bonds is 6. The van der Waals surface area contributed by atoms with Crippen LogP contribution in [0.5, 0.6) is 5.75 Å². The van der Waals surface area contributed by atoms with Crippen LogP contribution in [0.1, 0.15) is 44.1 Å². The second-order valence-corrected chi connectivity index (χ2v) is 8.96. The van der Waals surface area contributed by atoms with Crippen LogP contribution in [-0.2, 0) is 4.74 Å². The molecular formula is C27H24F6O2. The first-order valence-corrected chi connectivity index (χ1v) is 11.3. The highest BCUT2D eigenvalue weighted by Crippen LogP contribution is 2.38. The highest BCUT2D eigenvalue weighted by atomic mass is 19.3. The fourth-order valence-electron chi connectivity index (χ4n) is 4.56. The third-order valence-electron chi connectivity index (χ3n) is 6.47. The molecule has 1 saturated carbocycles. The van der Waals surface area contributed by atoms with Crippen LogP contribution in [0.3, 0.4) is 0 Å². The molecular weight excluding hydrogens is 470 g/mol. The normalized spacial score (nSPS) is 18.5. The van der Waals surface area contributed by atoms with E-state index in [4.69, 9.17) is 0 Å². The zero-order valence-corrected chi connectivity index (χ0v) is 19.2. The van der Waals surface area contributed by atoms with Crippen molar-refractivity contribution in [1.29, 1.82) is 0 Å². The minimum atomic E-state index is -4.06. The number of benzene rings is 3. The van der Waals surface area contributed by atoms with E-state index >= 15 is 0 Å². The number of ether oxygens (including phenoxy) is 2. The molecule has 0 atom stereocenters. The number of halogens is 6. The van der Waals surface area contributed by atoms with Crippen molar-refractivity contribution in [2.45, 2.75) is 44.8 Å². The lowest BCUT2D eigenvalue weighted by molar-refractivity contribution is -0.342. The monoisotopic (exact) mass is 494 g/mol. The van der Waals surface area contributed by atoms with E-state index in [2.05, 4.69) is 16.4 Å². The Morgan fingerprint density at radius 3 is 2.03 bits per heavy atom. The molecule has 4 rings (SSSR count). The first kappa shape index (κ1) is 25.1. The van der Waals surface area contributed by atoms with Gasteiger partial charge < -0.3 is 4.74 Å². The van der Waals surface area contributed by atoms with E-state index in [1.807, 2.05) is 0 Å². The lowest BCUT2D eigenvalue weighted by Gasteiger charge is -2.26. The van der Waals surface area contributed by atoms with Gasteiger partial charge in [-0.2, -0.15) is 0 Å². The van der Waals surface area contributed by atoms with Crippen LogP contribution in [0.25, 0.3) is 22.3 Å². The summed E-state index contributed by atoms with van der Waals surface area (Å²) in [6, 6.07) is 8.79. The highest BCUT2D eigenvalue weighted by molar-refractivity contribution is 5.73. The predicted molar refractivity (Wildman–Crippen MR) is 120 cm³/mol. The van der Waals surface area contributed by atoms with Crippen molar-refractivity contribution in [2.75, 3.05) is 7.11 Å². The van der Waals surface area contributed by atoms with Crippen LogP contribution in [0.2, 0.25) is 0 Å². The van der Waals surface area contributed by atoms with Gasteiger partial charge in [-0.05, 0) is 71.7 Å². The second-order valence-electron chi connectivity index (χ2n) is 8.96. The summed E-state index contributed by atoms with van der Waals surface area (Å²) in [4.78, 5) is 0. The molecule has 0 aliphatic heterocycles. The molecule has 0 radical (unpaired) electrons. The standard InChI is InChI=1S/C27H24F6O2/c1-15-3-5-16(6-4-15)17-7-8-22(23(29)11-17)18-12-24(30)26(25(31)13-18)19-9-20(28)14-21(10-19)35-27(32,33)34-2/h7-16H,3-6H2,1-2H3. The highest BCUT2D eigenvalue weighted by Gasteiger charge is 2.32. The zero-order chi connectivity index (χ0) is 25.3. The van der Waals surface area contributed by atoms with Crippen LogP contribution in [-0.4, -0.2) is 13.4 Å². The third-order valence-corrected chi connectivity index (χ3v) is 6.47. The predicted octanol–water partition coefficient (Wildman–Crippen LogP) is 8.45. The van der Waals surface area contributed by atoms with Crippen LogP contribution >= 0.6 is 0 Å². The van der Waals surface area contributed by atoms with Gasteiger partial charge in [-0.25, -0.2) is 17.6 Å². The zero-order valence-electron chi connectivity index (χ0n) is 19.2. The summed E-state index contributed by atoms with van der Waals surface area (Å²) in [5.74, 6) is -3.66. The van der Waals surface area contributed by atoms with E-state index < -0.39 is 40.9 Å². The van der Waals surface area contributed by atoms with Crippen molar-refractivity contribution in [3.05, 3.63) is 77.4 Å². The maximum Gasteiger partial charge on any atom is 0.535 e. The molecule has 1 aliphatic rings. The molecule has 0 unspecified atom stereocenters. The fraction of sp³-hybridized carbons (Fsp3) is 0.333. The van der Waals surface area contributed by atoms with Crippen LogP contribution < -0.4 is 4.74 Å². The summed E-state index contributed by atoms with van der Waals surface area (Å²) in [6.07, 6.45) is 0.0103. The van der Waals surface area contributed by atoms with Gasteiger partial charge in [0, 0.05) is 18.7 Å². The van der Waals surface area contributed by atoms with Crippen LogP contribution in [0.4, 0.5) is 26.3 Å². The lowest BCUT2D eigenvalue weighted by atomic mass is 9.79. The Balaban J connectivity index is 1.65. The summed E-state index contributed by atoms with van der Waals surface area (Å²) in [7, 11) is 0.680. The number of alkyl halides is 2. The van der Waals surface area contributed by atoms with Crippen molar-refractivity contribution in [1.82, 2.24) is 0 Å². The Kier molecular flexibility index (Phi) is 7.12. The van der Waals surface area contributed by atoms with E-state index in [1.54, 1.807) is 6.07 Å². The summed E-state index contributed by atoms with van der Waals surface area (Å²) in [5, 5.41) is 0. The summed E-state index contributed by atoms with van der Waals surface area (Å²) in [5.41, 5.74) is -0.187. The van der Waals surface area contributed by atoms with E-state index in [0.29, 0.717) is 19.1 Å².